The Labute approximate surface area is 147 Å². The van der Waals surface area contributed by atoms with Crippen LogP contribution in [0.4, 0.5) is 0 Å². The van der Waals surface area contributed by atoms with Crippen molar-refractivity contribution < 1.29 is 13.2 Å². The molecular formula is C16H23N5O3S. The first-order valence-electron chi connectivity index (χ1n) is 8.34. The summed E-state index contributed by atoms with van der Waals surface area (Å²) in [5, 5.41) is 15.3. The van der Waals surface area contributed by atoms with E-state index in [-0.39, 0.29) is 4.90 Å². The molecule has 2 heterocycles. The van der Waals surface area contributed by atoms with E-state index in [0.717, 1.165) is 31.7 Å². The van der Waals surface area contributed by atoms with Crippen LogP contribution in [0.25, 0.3) is 5.69 Å². The summed E-state index contributed by atoms with van der Waals surface area (Å²) in [6.07, 6.45) is 3.31. The quantitative estimate of drug-likeness (QED) is 0.814. The standard InChI is InChI=1S/C16H23N5O3S/c1-12(13-7-9-24-10-8-13)17-11-16-18-19-20-21(16)14-3-5-15(6-4-14)25(2,22)23/h3-6,12-13,17H,7-11H2,1-2H3. The molecule has 25 heavy (non-hydrogen) atoms. The molecule has 1 N–H and O–H groups in total. The molecule has 0 saturated carbocycles. The van der Waals surface area contributed by atoms with Gasteiger partial charge in [0, 0.05) is 25.5 Å². The monoisotopic (exact) mass is 365 g/mol. The van der Waals surface area contributed by atoms with E-state index in [2.05, 4.69) is 27.8 Å². The van der Waals surface area contributed by atoms with E-state index in [1.807, 2.05) is 0 Å². The van der Waals surface area contributed by atoms with E-state index >= 15 is 0 Å². The van der Waals surface area contributed by atoms with Gasteiger partial charge in [-0.3, -0.25) is 0 Å². The second kappa shape index (κ2) is 7.59. The van der Waals surface area contributed by atoms with Crippen molar-refractivity contribution in [2.75, 3.05) is 19.5 Å². The van der Waals surface area contributed by atoms with Crippen LogP contribution < -0.4 is 5.32 Å². The molecule has 0 spiro atoms. The summed E-state index contributed by atoms with van der Waals surface area (Å²) in [6.45, 7) is 4.35. The van der Waals surface area contributed by atoms with Crippen LogP contribution in [0.2, 0.25) is 0 Å². The van der Waals surface area contributed by atoms with Gasteiger partial charge in [-0.05, 0) is 60.4 Å². The molecule has 0 aliphatic carbocycles. The van der Waals surface area contributed by atoms with Crippen molar-refractivity contribution in [2.45, 2.75) is 37.2 Å². The van der Waals surface area contributed by atoms with E-state index in [4.69, 9.17) is 4.74 Å². The van der Waals surface area contributed by atoms with Gasteiger partial charge < -0.3 is 10.1 Å². The lowest BCUT2D eigenvalue weighted by Crippen LogP contribution is -2.36. The Hall–Kier alpha value is -1.84. The topological polar surface area (TPSA) is 99.0 Å². The molecule has 1 aromatic heterocycles. The molecular weight excluding hydrogens is 342 g/mol. The second-order valence-corrected chi connectivity index (χ2v) is 8.41. The van der Waals surface area contributed by atoms with Crippen LogP contribution in [0, 0.1) is 5.92 Å². The highest BCUT2D eigenvalue weighted by Gasteiger charge is 2.21. The van der Waals surface area contributed by atoms with Crippen molar-refractivity contribution in [1.82, 2.24) is 25.5 Å². The fourth-order valence-electron chi connectivity index (χ4n) is 2.99. The highest BCUT2D eigenvalue weighted by molar-refractivity contribution is 7.90. The molecule has 8 nitrogen and oxygen atoms in total. The zero-order chi connectivity index (χ0) is 17.9. The molecule has 2 aromatic rings. The lowest BCUT2D eigenvalue weighted by Gasteiger charge is -2.28. The predicted octanol–water partition coefficient (Wildman–Crippen LogP) is 0.970. The number of sulfone groups is 1. The van der Waals surface area contributed by atoms with Crippen molar-refractivity contribution in [3.63, 3.8) is 0 Å². The molecule has 1 aliphatic heterocycles. The lowest BCUT2D eigenvalue weighted by atomic mass is 9.93. The summed E-state index contributed by atoms with van der Waals surface area (Å²) in [4.78, 5) is 0.275. The van der Waals surface area contributed by atoms with Gasteiger partial charge in [0.25, 0.3) is 0 Å². The minimum atomic E-state index is -3.22. The Balaban J connectivity index is 1.68. The number of nitrogens with one attached hydrogen (secondary N) is 1. The Morgan fingerprint density at radius 2 is 1.96 bits per heavy atom. The maximum atomic E-state index is 11.6. The van der Waals surface area contributed by atoms with Crippen LogP contribution in [0.5, 0.6) is 0 Å². The van der Waals surface area contributed by atoms with Crippen molar-refractivity contribution >= 4 is 9.84 Å². The van der Waals surface area contributed by atoms with Gasteiger partial charge in [-0.15, -0.1) is 5.10 Å². The summed E-state index contributed by atoms with van der Waals surface area (Å²) < 4.78 is 30.1. The van der Waals surface area contributed by atoms with Gasteiger partial charge in [0.05, 0.1) is 17.1 Å². The van der Waals surface area contributed by atoms with Crippen LogP contribution in [-0.2, 0) is 21.1 Å². The summed E-state index contributed by atoms with van der Waals surface area (Å²) in [5.74, 6) is 1.28. The van der Waals surface area contributed by atoms with Gasteiger partial charge in [0.2, 0.25) is 0 Å². The molecule has 1 fully saturated rings. The highest BCUT2D eigenvalue weighted by atomic mass is 32.2. The predicted molar refractivity (Wildman–Crippen MR) is 92.1 cm³/mol. The zero-order valence-corrected chi connectivity index (χ0v) is 15.2. The maximum absolute atomic E-state index is 11.6. The van der Waals surface area contributed by atoms with E-state index in [1.54, 1.807) is 28.9 Å². The molecule has 1 aromatic carbocycles. The highest BCUT2D eigenvalue weighted by Crippen LogP contribution is 2.19. The summed E-state index contributed by atoms with van der Waals surface area (Å²) in [6, 6.07) is 6.89. The number of nitrogens with zero attached hydrogens (tertiary/aromatic N) is 4. The first-order valence-corrected chi connectivity index (χ1v) is 10.2. The molecule has 3 rings (SSSR count). The van der Waals surface area contributed by atoms with Gasteiger partial charge >= 0.3 is 0 Å². The molecule has 1 unspecified atom stereocenters. The SMILES string of the molecule is CC(NCc1nnnn1-c1ccc(S(C)(=O)=O)cc1)C1CCOCC1. The van der Waals surface area contributed by atoms with Gasteiger partial charge in [-0.25, -0.2) is 8.42 Å². The molecule has 0 bridgehead atoms. The van der Waals surface area contributed by atoms with Crippen LogP contribution in [0.15, 0.2) is 29.2 Å². The summed E-state index contributed by atoms with van der Waals surface area (Å²) >= 11 is 0. The Morgan fingerprint density at radius 1 is 1.28 bits per heavy atom. The minimum Gasteiger partial charge on any atom is -0.381 e. The lowest BCUT2D eigenvalue weighted by molar-refractivity contribution is 0.0557. The van der Waals surface area contributed by atoms with Crippen LogP contribution in [0.1, 0.15) is 25.6 Å². The number of benzene rings is 1. The Bertz CT molecular complexity index is 797. The molecule has 0 radical (unpaired) electrons. The minimum absolute atomic E-state index is 0.275. The molecule has 1 saturated heterocycles. The van der Waals surface area contributed by atoms with E-state index in [0.29, 0.717) is 24.3 Å². The van der Waals surface area contributed by atoms with Crippen molar-refractivity contribution in [3.8, 4) is 5.69 Å². The number of aromatic nitrogens is 4. The van der Waals surface area contributed by atoms with Gasteiger partial charge in [-0.1, -0.05) is 0 Å². The average molecular weight is 365 g/mol. The molecule has 0 amide bonds. The Kier molecular flexibility index (Phi) is 5.45. The van der Waals surface area contributed by atoms with Crippen LogP contribution in [-0.4, -0.2) is 54.1 Å². The van der Waals surface area contributed by atoms with Crippen LogP contribution in [0.3, 0.4) is 0 Å². The third-order valence-electron chi connectivity index (χ3n) is 4.60. The third kappa shape index (κ3) is 4.42. The molecule has 1 aliphatic rings. The van der Waals surface area contributed by atoms with E-state index < -0.39 is 9.84 Å². The van der Waals surface area contributed by atoms with E-state index in [1.165, 1.54) is 6.26 Å². The van der Waals surface area contributed by atoms with Crippen molar-refractivity contribution in [3.05, 3.63) is 30.1 Å². The first-order chi connectivity index (χ1) is 11.9. The van der Waals surface area contributed by atoms with Crippen molar-refractivity contribution in [2.24, 2.45) is 5.92 Å². The van der Waals surface area contributed by atoms with Gasteiger partial charge in [0.15, 0.2) is 15.7 Å². The Morgan fingerprint density at radius 3 is 2.60 bits per heavy atom. The first kappa shape index (κ1) is 18.0. The normalized spacial score (nSPS) is 17.5. The van der Waals surface area contributed by atoms with Crippen LogP contribution >= 0.6 is 0 Å². The number of rotatable bonds is 6. The number of hydrogen-bond acceptors (Lipinski definition) is 7. The number of hydrogen-bond donors (Lipinski definition) is 1. The van der Waals surface area contributed by atoms with E-state index in [9.17, 15) is 8.42 Å². The molecule has 9 heteroatoms. The van der Waals surface area contributed by atoms with Crippen molar-refractivity contribution in [1.29, 1.82) is 0 Å². The smallest absolute Gasteiger partial charge is 0.175 e. The fourth-order valence-corrected chi connectivity index (χ4v) is 3.62. The maximum Gasteiger partial charge on any atom is 0.175 e. The number of tetrazole rings is 1. The molecule has 136 valence electrons. The summed E-state index contributed by atoms with van der Waals surface area (Å²) in [5.41, 5.74) is 0.730. The summed E-state index contributed by atoms with van der Waals surface area (Å²) in [7, 11) is -3.22. The fraction of sp³-hybridized carbons (Fsp3) is 0.562. The van der Waals surface area contributed by atoms with Gasteiger partial charge in [-0.2, -0.15) is 4.68 Å². The number of ether oxygens (including phenoxy) is 1. The second-order valence-electron chi connectivity index (χ2n) is 6.39. The average Bonchev–Trinajstić information content (AvgIpc) is 3.08. The van der Waals surface area contributed by atoms with Gasteiger partial charge in [0.1, 0.15) is 0 Å². The third-order valence-corrected chi connectivity index (χ3v) is 5.73. The largest absolute Gasteiger partial charge is 0.381 e. The zero-order valence-electron chi connectivity index (χ0n) is 14.4. The molecule has 1 atom stereocenters.